The molecule has 0 unspecified atom stereocenters. The monoisotopic (exact) mass is 236 g/mol. The van der Waals surface area contributed by atoms with Crippen LogP contribution in [0.2, 0.25) is 0 Å². The smallest absolute Gasteiger partial charge is 0.132 e. The third-order valence-corrected chi connectivity index (χ3v) is 2.83. The molecule has 5 nitrogen and oxygen atoms in total. The summed E-state index contributed by atoms with van der Waals surface area (Å²) in [5.41, 5.74) is 0.953. The van der Waals surface area contributed by atoms with Crippen LogP contribution in [0.1, 0.15) is 19.0 Å². The zero-order valence-electron chi connectivity index (χ0n) is 10.4. The molecule has 0 spiro atoms. The number of hydrogen-bond acceptors (Lipinski definition) is 5. The van der Waals surface area contributed by atoms with Crippen LogP contribution in [0.5, 0.6) is 0 Å². The first-order valence-corrected chi connectivity index (χ1v) is 6.24. The van der Waals surface area contributed by atoms with Gasteiger partial charge in [-0.3, -0.25) is 0 Å². The highest BCUT2D eigenvalue weighted by molar-refractivity contribution is 5.38. The number of hydrogen-bond donors (Lipinski definition) is 1. The fourth-order valence-corrected chi connectivity index (χ4v) is 1.92. The molecule has 94 valence electrons. The highest BCUT2D eigenvalue weighted by Gasteiger charge is 2.11. The summed E-state index contributed by atoms with van der Waals surface area (Å²) in [6.07, 6.45) is 2.78. The molecule has 1 aromatic rings. The van der Waals surface area contributed by atoms with E-state index in [4.69, 9.17) is 4.74 Å². The molecule has 1 fully saturated rings. The predicted molar refractivity (Wildman–Crippen MR) is 67.1 cm³/mol. The van der Waals surface area contributed by atoms with Gasteiger partial charge in [0.05, 0.1) is 12.3 Å². The van der Waals surface area contributed by atoms with Gasteiger partial charge in [-0.25, -0.2) is 9.97 Å². The van der Waals surface area contributed by atoms with E-state index in [1.807, 2.05) is 13.0 Å². The highest BCUT2D eigenvalue weighted by atomic mass is 16.5. The topological polar surface area (TPSA) is 50.3 Å². The van der Waals surface area contributed by atoms with Crippen molar-refractivity contribution in [1.82, 2.24) is 15.3 Å². The minimum atomic E-state index is 0.568. The molecular formula is C12H20N4O. The Labute approximate surface area is 102 Å². The maximum absolute atomic E-state index is 5.37. The van der Waals surface area contributed by atoms with Crippen LogP contribution >= 0.6 is 0 Å². The van der Waals surface area contributed by atoms with E-state index in [1.54, 1.807) is 6.33 Å². The molecule has 17 heavy (non-hydrogen) atoms. The predicted octanol–water partition coefficient (Wildman–Crippen LogP) is 0.813. The number of rotatable bonds is 4. The Morgan fingerprint density at radius 2 is 2.29 bits per heavy atom. The van der Waals surface area contributed by atoms with Crippen molar-refractivity contribution in [1.29, 1.82) is 0 Å². The summed E-state index contributed by atoms with van der Waals surface area (Å²) in [7, 11) is 0. The van der Waals surface area contributed by atoms with Crippen LogP contribution in [0.15, 0.2) is 12.4 Å². The van der Waals surface area contributed by atoms with Crippen LogP contribution in [-0.2, 0) is 11.3 Å². The summed E-state index contributed by atoms with van der Waals surface area (Å²) >= 11 is 0. The van der Waals surface area contributed by atoms with Gasteiger partial charge in [0.15, 0.2) is 0 Å². The quantitative estimate of drug-likeness (QED) is 0.838. The first-order valence-electron chi connectivity index (χ1n) is 6.24. The fraction of sp³-hybridized carbons (Fsp3) is 0.667. The molecule has 1 aliphatic heterocycles. The van der Waals surface area contributed by atoms with Crippen LogP contribution in [-0.4, -0.2) is 42.8 Å². The number of nitrogens with zero attached hydrogens (tertiary/aromatic N) is 3. The van der Waals surface area contributed by atoms with Gasteiger partial charge in [-0.1, -0.05) is 0 Å². The standard InChI is InChI=1S/C12H20N4O/c1-2-17-9-11-8-12(15-10-14-11)16-6-3-4-13-5-7-16/h8,10,13H,2-7,9H2,1H3. The van der Waals surface area contributed by atoms with Crippen LogP contribution in [0.25, 0.3) is 0 Å². The number of aromatic nitrogens is 2. The SMILES string of the molecule is CCOCc1cc(N2CCCNCC2)ncn1. The molecule has 0 bridgehead atoms. The van der Waals surface area contributed by atoms with Gasteiger partial charge in [0.2, 0.25) is 0 Å². The second-order valence-corrected chi connectivity index (χ2v) is 4.10. The molecule has 2 heterocycles. The zero-order chi connectivity index (χ0) is 11.9. The normalized spacial score (nSPS) is 16.9. The van der Waals surface area contributed by atoms with Gasteiger partial charge in [0, 0.05) is 32.3 Å². The first-order chi connectivity index (χ1) is 8.40. The summed E-state index contributed by atoms with van der Waals surface area (Å²) in [6.45, 7) is 7.44. The molecule has 0 atom stereocenters. The van der Waals surface area contributed by atoms with E-state index < -0.39 is 0 Å². The number of ether oxygens (including phenoxy) is 1. The van der Waals surface area contributed by atoms with E-state index in [0.717, 1.165) is 44.1 Å². The summed E-state index contributed by atoms with van der Waals surface area (Å²) in [5.74, 6) is 1.01. The molecule has 2 rings (SSSR count). The average Bonchev–Trinajstić information content (AvgIpc) is 2.65. The molecule has 0 saturated carbocycles. The Balaban J connectivity index is 2.03. The van der Waals surface area contributed by atoms with Crippen LogP contribution in [0, 0.1) is 0 Å². The summed E-state index contributed by atoms with van der Waals surface area (Å²) in [5, 5.41) is 3.39. The van der Waals surface area contributed by atoms with E-state index in [1.165, 1.54) is 0 Å². The Morgan fingerprint density at radius 3 is 3.18 bits per heavy atom. The van der Waals surface area contributed by atoms with Crippen LogP contribution in [0.3, 0.4) is 0 Å². The molecule has 5 heteroatoms. The Kier molecular flexibility index (Phi) is 4.70. The van der Waals surface area contributed by atoms with E-state index in [2.05, 4.69) is 20.2 Å². The fourth-order valence-electron chi connectivity index (χ4n) is 1.92. The second kappa shape index (κ2) is 6.51. The second-order valence-electron chi connectivity index (χ2n) is 4.10. The van der Waals surface area contributed by atoms with Crippen molar-refractivity contribution in [2.24, 2.45) is 0 Å². The van der Waals surface area contributed by atoms with Crippen LogP contribution < -0.4 is 10.2 Å². The zero-order valence-corrected chi connectivity index (χ0v) is 10.4. The minimum Gasteiger partial charge on any atom is -0.375 e. The number of anilines is 1. The van der Waals surface area contributed by atoms with Crippen molar-refractivity contribution in [3.8, 4) is 0 Å². The Hall–Kier alpha value is -1.20. The van der Waals surface area contributed by atoms with Gasteiger partial charge in [-0.2, -0.15) is 0 Å². The Bertz CT molecular complexity index is 337. The highest BCUT2D eigenvalue weighted by Crippen LogP contribution is 2.12. The van der Waals surface area contributed by atoms with Crippen molar-refractivity contribution < 1.29 is 4.74 Å². The van der Waals surface area contributed by atoms with Crippen molar-refractivity contribution in [2.45, 2.75) is 20.0 Å². The van der Waals surface area contributed by atoms with E-state index >= 15 is 0 Å². The van der Waals surface area contributed by atoms with Gasteiger partial charge in [0.25, 0.3) is 0 Å². The summed E-state index contributed by atoms with van der Waals surface area (Å²) in [6, 6.07) is 2.03. The van der Waals surface area contributed by atoms with Crippen molar-refractivity contribution in [3.05, 3.63) is 18.1 Å². The van der Waals surface area contributed by atoms with Gasteiger partial charge in [-0.15, -0.1) is 0 Å². The molecule has 1 saturated heterocycles. The molecule has 0 amide bonds. The van der Waals surface area contributed by atoms with Crippen molar-refractivity contribution in [2.75, 3.05) is 37.7 Å². The largest absolute Gasteiger partial charge is 0.375 e. The first kappa shape index (κ1) is 12.3. The summed E-state index contributed by atoms with van der Waals surface area (Å²) < 4.78 is 5.37. The molecule has 0 aromatic carbocycles. The molecule has 0 aliphatic carbocycles. The lowest BCUT2D eigenvalue weighted by Crippen LogP contribution is -2.28. The molecule has 0 radical (unpaired) electrons. The van der Waals surface area contributed by atoms with E-state index in [0.29, 0.717) is 13.2 Å². The van der Waals surface area contributed by atoms with Gasteiger partial charge < -0.3 is 15.0 Å². The van der Waals surface area contributed by atoms with E-state index in [-0.39, 0.29) is 0 Å². The third kappa shape index (κ3) is 3.64. The Morgan fingerprint density at radius 1 is 1.35 bits per heavy atom. The maximum Gasteiger partial charge on any atom is 0.132 e. The van der Waals surface area contributed by atoms with Crippen molar-refractivity contribution >= 4 is 5.82 Å². The molecule has 1 aliphatic rings. The molecule has 1 aromatic heterocycles. The van der Waals surface area contributed by atoms with E-state index in [9.17, 15) is 0 Å². The van der Waals surface area contributed by atoms with Gasteiger partial charge in [-0.05, 0) is 19.9 Å². The van der Waals surface area contributed by atoms with Gasteiger partial charge in [0.1, 0.15) is 12.1 Å². The lowest BCUT2D eigenvalue weighted by Gasteiger charge is -2.21. The molecular weight excluding hydrogens is 216 g/mol. The van der Waals surface area contributed by atoms with Gasteiger partial charge >= 0.3 is 0 Å². The maximum atomic E-state index is 5.37. The lowest BCUT2D eigenvalue weighted by molar-refractivity contribution is 0.131. The minimum absolute atomic E-state index is 0.568. The number of nitrogens with one attached hydrogen (secondary N) is 1. The average molecular weight is 236 g/mol. The lowest BCUT2D eigenvalue weighted by atomic mass is 10.3. The van der Waals surface area contributed by atoms with Crippen molar-refractivity contribution in [3.63, 3.8) is 0 Å². The third-order valence-electron chi connectivity index (χ3n) is 2.83. The summed E-state index contributed by atoms with van der Waals surface area (Å²) in [4.78, 5) is 10.9. The molecule has 1 N–H and O–H groups in total. The van der Waals surface area contributed by atoms with Crippen LogP contribution in [0.4, 0.5) is 5.82 Å².